The predicted molar refractivity (Wildman–Crippen MR) is 52.3 cm³/mol. The molecule has 0 aliphatic carbocycles. The Bertz CT molecular complexity index is 318. The van der Waals surface area contributed by atoms with Gasteiger partial charge >= 0.3 is 5.97 Å². The van der Waals surface area contributed by atoms with E-state index in [0.717, 1.165) is 0 Å². The monoisotopic (exact) mass is 214 g/mol. The number of hydrogen-bond donors (Lipinski definition) is 0. The lowest BCUT2D eigenvalue weighted by molar-refractivity contribution is -0.137. The molecule has 0 aromatic carbocycles. The quantitative estimate of drug-likeness (QED) is 0.549. The molecule has 0 saturated carbocycles. The van der Waals surface area contributed by atoms with Gasteiger partial charge in [0.1, 0.15) is 5.76 Å². The van der Waals surface area contributed by atoms with Crippen molar-refractivity contribution in [3.8, 4) is 0 Å². The SMILES string of the molecule is COC(=O)CSCc1ccc(C=O)o1. The van der Waals surface area contributed by atoms with Gasteiger partial charge in [-0.25, -0.2) is 0 Å². The van der Waals surface area contributed by atoms with Crippen LogP contribution in [0.15, 0.2) is 16.5 Å². The summed E-state index contributed by atoms with van der Waals surface area (Å²) in [6.45, 7) is 0. The molecular weight excluding hydrogens is 204 g/mol. The van der Waals surface area contributed by atoms with Crippen LogP contribution in [0.3, 0.4) is 0 Å². The van der Waals surface area contributed by atoms with Crippen LogP contribution in [0.5, 0.6) is 0 Å². The standard InChI is InChI=1S/C9H10O4S/c1-12-9(11)6-14-5-8-3-2-7(4-10)13-8/h2-4H,5-6H2,1H3. The molecule has 0 atom stereocenters. The van der Waals surface area contributed by atoms with Gasteiger partial charge in [0, 0.05) is 0 Å². The first-order valence-electron chi connectivity index (χ1n) is 3.94. The van der Waals surface area contributed by atoms with Gasteiger partial charge in [-0.1, -0.05) is 0 Å². The number of carbonyl (C=O) groups is 2. The Labute approximate surface area is 85.6 Å². The third kappa shape index (κ3) is 3.26. The third-order valence-corrected chi connectivity index (χ3v) is 2.42. The zero-order valence-corrected chi connectivity index (χ0v) is 8.50. The summed E-state index contributed by atoms with van der Waals surface area (Å²) in [5, 5.41) is 0. The summed E-state index contributed by atoms with van der Waals surface area (Å²) in [6.07, 6.45) is 0.647. The average Bonchev–Trinajstić information content (AvgIpc) is 2.65. The van der Waals surface area contributed by atoms with E-state index in [1.165, 1.54) is 18.9 Å². The molecule has 1 aromatic heterocycles. The van der Waals surface area contributed by atoms with E-state index in [1.807, 2.05) is 0 Å². The van der Waals surface area contributed by atoms with Crippen LogP contribution in [0, 0.1) is 0 Å². The van der Waals surface area contributed by atoms with E-state index < -0.39 is 0 Å². The highest BCUT2D eigenvalue weighted by Crippen LogP contribution is 2.14. The number of furan rings is 1. The van der Waals surface area contributed by atoms with Gasteiger partial charge in [-0.3, -0.25) is 9.59 Å². The second kappa shape index (κ2) is 5.49. The Kier molecular flexibility index (Phi) is 4.25. The molecule has 14 heavy (non-hydrogen) atoms. The van der Waals surface area contributed by atoms with Crippen LogP contribution in [-0.2, 0) is 15.3 Å². The van der Waals surface area contributed by atoms with Crippen LogP contribution in [0.25, 0.3) is 0 Å². The fraction of sp³-hybridized carbons (Fsp3) is 0.333. The maximum atomic E-state index is 10.7. The topological polar surface area (TPSA) is 56.5 Å². The molecule has 76 valence electrons. The van der Waals surface area contributed by atoms with Crippen LogP contribution >= 0.6 is 11.8 Å². The van der Waals surface area contributed by atoms with E-state index in [1.54, 1.807) is 12.1 Å². The number of esters is 1. The molecule has 0 spiro atoms. The number of thioether (sulfide) groups is 1. The molecule has 0 unspecified atom stereocenters. The maximum absolute atomic E-state index is 10.7. The van der Waals surface area contributed by atoms with Gasteiger partial charge in [-0.15, -0.1) is 11.8 Å². The van der Waals surface area contributed by atoms with Gasteiger partial charge in [-0.05, 0) is 12.1 Å². The summed E-state index contributed by atoms with van der Waals surface area (Å²) < 4.78 is 9.58. The van der Waals surface area contributed by atoms with Crippen molar-refractivity contribution in [1.29, 1.82) is 0 Å². The van der Waals surface area contributed by atoms with Crippen LogP contribution in [0.1, 0.15) is 16.3 Å². The molecule has 0 N–H and O–H groups in total. The minimum absolute atomic E-state index is 0.267. The molecule has 0 radical (unpaired) electrons. The fourth-order valence-electron chi connectivity index (χ4n) is 0.829. The summed E-state index contributed by atoms with van der Waals surface area (Å²) in [5.41, 5.74) is 0. The summed E-state index contributed by atoms with van der Waals surface area (Å²) in [6, 6.07) is 3.31. The molecule has 4 nitrogen and oxygen atoms in total. The second-order valence-corrected chi connectivity index (χ2v) is 3.48. The Balaban J connectivity index is 2.31. The molecule has 0 saturated heterocycles. The molecule has 0 aliphatic rings. The summed E-state index contributed by atoms with van der Waals surface area (Å²) in [4.78, 5) is 21.0. The van der Waals surface area contributed by atoms with Crippen molar-refractivity contribution < 1.29 is 18.7 Å². The molecule has 0 bridgehead atoms. The Morgan fingerprint density at radius 3 is 3.00 bits per heavy atom. The van der Waals surface area contributed by atoms with E-state index >= 15 is 0 Å². The molecule has 0 fully saturated rings. The lowest BCUT2D eigenvalue weighted by Crippen LogP contribution is -2.03. The van der Waals surface area contributed by atoms with Crippen molar-refractivity contribution in [2.24, 2.45) is 0 Å². The minimum atomic E-state index is -0.267. The largest absolute Gasteiger partial charge is 0.468 e. The molecule has 5 heteroatoms. The van der Waals surface area contributed by atoms with E-state index in [9.17, 15) is 9.59 Å². The summed E-state index contributed by atoms with van der Waals surface area (Å²) >= 11 is 1.38. The number of aldehydes is 1. The molecule has 0 aliphatic heterocycles. The van der Waals surface area contributed by atoms with Gasteiger partial charge in [-0.2, -0.15) is 0 Å². The molecule has 1 heterocycles. The van der Waals surface area contributed by atoms with E-state index in [2.05, 4.69) is 4.74 Å². The Morgan fingerprint density at radius 2 is 2.43 bits per heavy atom. The van der Waals surface area contributed by atoms with Crippen LogP contribution in [0.2, 0.25) is 0 Å². The van der Waals surface area contributed by atoms with Gasteiger partial charge in [0.05, 0.1) is 18.6 Å². The zero-order chi connectivity index (χ0) is 10.4. The molecule has 0 amide bonds. The molecule has 1 rings (SSSR count). The van der Waals surface area contributed by atoms with Crippen LogP contribution < -0.4 is 0 Å². The average molecular weight is 214 g/mol. The molecular formula is C9H10O4S. The van der Waals surface area contributed by atoms with Gasteiger partial charge in [0.2, 0.25) is 0 Å². The van der Waals surface area contributed by atoms with Crippen molar-refractivity contribution in [1.82, 2.24) is 0 Å². The van der Waals surface area contributed by atoms with Crippen molar-refractivity contribution in [3.05, 3.63) is 23.7 Å². The Hall–Kier alpha value is -1.23. The summed E-state index contributed by atoms with van der Waals surface area (Å²) in [5.74, 6) is 1.56. The molecule has 1 aromatic rings. The highest BCUT2D eigenvalue weighted by molar-refractivity contribution is 7.99. The number of ether oxygens (including phenoxy) is 1. The number of methoxy groups -OCH3 is 1. The van der Waals surface area contributed by atoms with E-state index in [4.69, 9.17) is 4.42 Å². The lowest BCUT2D eigenvalue weighted by Gasteiger charge is -1.97. The number of carbonyl (C=O) groups excluding carboxylic acids is 2. The third-order valence-electron chi connectivity index (χ3n) is 1.49. The normalized spacial score (nSPS) is 9.79. The first-order valence-corrected chi connectivity index (χ1v) is 5.10. The van der Waals surface area contributed by atoms with E-state index in [0.29, 0.717) is 23.6 Å². The van der Waals surface area contributed by atoms with Crippen molar-refractivity contribution in [3.63, 3.8) is 0 Å². The van der Waals surface area contributed by atoms with Crippen LogP contribution in [0.4, 0.5) is 0 Å². The summed E-state index contributed by atoms with van der Waals surface area (Å²) in [7, 11) is 1.35. The van der Waals surface area contributed by atoms with Gasteiger partial charge in [0.15, 0.2) is 12.0 Å². The predicted octanol–water partition coefficient (Wildman–Crippen LogP) is 1.50. The van der Waals surface area contributed by atoms with Crippen LogP contribution in [-0.4, -0.2) is 25.1 Å². The maximum Gasteiger partial charge on any atom is 0.315 e. The second-order valence-electron chi connectivity index (χ2n) is 2.49. The number of rotatable bonds is 5. The number of hydrogen-bond acceptors (Lipinski definition) is 5. The first kappa shape index (κ1) is 10.8. The lowest BCUT2D eigenvalue weighted by atomic mass is 10.4. The fourth-order valence-corrected chi connectivity index (χ4v) is 1.57. The highest BCUT2D eigenvalue weighted by Gasteiger charge is 2.04. The minimum Gasteiger partial charge on any atom is -0.468 e. The van der Waals surface area contributed by atoms with Gasteiger partial charge < -0.3 is 9.15 Å². The van der Waals surface area contributed by atoms with E-state index in [-0.39, 0.29) is 11.7 Å². The van der Waals surface area contributed by atoms with Crippen molar-refractivity contribution in [2.75, 3.05) is 12.9 Å². The zero-order valence-electron chi connectivity index (χ0n) is 7.69. The smallest absolute Gasteiger partial charge is 0.315 e. The Morgan fingerprint density at radius 1 is 1.64 bits per heavy atom. The van der Waals surface area contributed by atoms with Gasteiger partial charge in [0.25, 0.3) is 0 Å². The van der Waals surface area contributed by atoms with Crippen molar-refractivity contribution >= 4 is 24.0 Å². The highest BCUT2D eigenvalue weighted by atomic mass is 32.2. The van der Waals surface area contributed by atoms with Crippen molar-refractivity contribution in [2.45, 2.75) is 5.75 Å². The first-order chi connectivity index (χ1) is 6.76.